The first-order chi connectivity index (χ1) is 27.3. The molecule has 6 rings (SSSR count). The maximum atomic E-state index is 14.1. The van der Waals surface area contributed by atoms with Crippen LogP contribution in [-0.2, 0) is 51.5 Å². The summed E-state index contributed by atoms with van der Waals surface area (Å²) in [4.78, 5) is 13.1. The Bertz CT molecular complexity index is 2210. The molecule has 59 heavy (non-hydrogen) atoms. The summed E-state index contributed by atoms with van der Waals surface area (Å²) in [5, 5.41) is 0.472. The van der Waals surface area contributed by atoms with E-state index < -0.39 is 65.5 Å². The van der Waals surface area contributed by atoms with Gasteiger partial charge in [0.15, 0.2) is 30.0 Å². The van der Waals surface area contributed by atoms with Crippen molar-refractivity contribution in [1.29, 1.82) is 0 Å². The Morgan fingerprint density at radius 2 is 1.17 bits per heavy atom. The van der Waals surface area contributed by atoms with Crippen molar-refractivity contribution in [1.82, 2.24) is 0 Å². The number of hydrogen-bond acceptors (Lipinski definition) is 11. The van der Waals surface area contributed by atoms with Gasteiger partial charge in [0.1, 0.15) is 40.5 Å². The number of carbonyl (C=O) groups is 1. The van der Waals surface area contributed by atoms with Crippen LogP contribution < -0.4 is 9.47 Å². The first-order valence-electron chi connectivity index (χ1n) is 16.7. The van der Waals surface area contributed by atoms with Crippen LogP contribution in [0.2, 0.25) is 0 Å². The largest absolute Gasteiger partial charge is 0.741 e. The van der Waals surface area contributed by atoms with Crippen LogP contribution in [0.15, 0.2) is 82.6 Å². The Kier molecular flexibility index (Phi) is 17.5. The molecule has 2 heterocycles. The molecule has 2 atom stereocenters. The summed E-state index contributed by atoms with van der Waals surface area (Å²) in [5.41, 5.74) is -12.9. The smallest absolute Gasteiger partial charge is 0.513 e. The van der Waals surface area contributed by atoms with Crippen LogP contribution in [0.25, 0.3) is 21.5 Å². The second-order valence-electron chi connectivity index (χ2n) is 11.9. The van der Waals surface area contributed by atoms with Gasteiger partial charge in [-0.3, -0.25) is 0 Å². The maximum Gasteiger partial charge on any atom is 0.513 e. The van der Waals surface area contributed by atoms with Crippen LogP contribution in [0, 0.1) is 0 Å². The molecule has 2 aliphatic rings. The van der Waals surface area contributed by atoms with E-state index in [1.807, 2.05) is 0 Å². The fourth-order valence-electron chi connectivity index (χ4n) is 5.38. The van der Waals surface area contributed by atoms with Gasteiger partial charge < -0.3 is 28.1 Å². The summed E-state index contributed by atoms with van der Waals surface area (Å²) in [6.07, 6.45) is 1.25. The number of hydrogen-bond donors (Lipinski definition) is 0. The molecule has 0 aromatic heterocycles. The summed E-state index contributed by atoms with van der Waals surface area (Å²) in [6, 6.07) is 22.5. The molecule has 2 fully saturated rings. The van der Waals surface area contributed by atoms with Gasteiger partial charge in [-0.15, -0.1) is 0 Å². The van der Waals surface area contributed by atoms with Crippen molar-refractivity contribution in [2.75, 3.05) is 38.9 Å². The first-order valence-corrected chi connectivity index (χ1v) is 22.4. The number of alkyl halides is 9. The van der Waals surface area contributed by atoms with E-state index in [4.69, 9.17) is 40.2 Å². The molecule has 0 amide bonds. The van der Waals surface area contributed by atoms with Crippen molar-refractivity contribution < 1.29 is 89.2 Å². The zero-order valence-electron chi connectivity index (χ0n) is 30.7. The van der Waals surface area contributed by atoms with Crippen LogP contribution in [0.3, 0.4) is 0 Å². The minimum absolute atomic E-state index is 0.148. The molecule has 2 aliphatic heterocycles. The fourth-order valence-corrected chi connectivity index (χ4v) is 10.2. The molecule has 0 radical (unpaired) electrons. The van der Waals surface area contributed by atoms with E-state index in [1.165, 1.54) is 59.3 Å². The van der Waals surface area contributed by atoms with Gasteiger partial charge in [-0.05, 0) is 49.2 Å². The summed E-state index contributed by atoms with van der Waals surface area (Å²) in [6.45, 7) is 1.23. The Balaban J connectivity index is 0.000000234. The molecule has 0 spiro atoms. The Labute approximate surface area is 338 Å². The molecule has 24 heteroatoms. The van der Waals surface area contributed by atoms with E-state index in [2.05, 4.69) is 41.1 Å². The lowest BCUT2D eigenvalue weighted by Crippen LogP contribution is -2.27. The quantitative estimate of drug-likeness (QED) is 0.0332. The highest BCUT2D eigenvalue weighted by Gasteiger charge is 2.62. The van der Waals surface area contributed by atoms with Gasteiger partial charge in [0.25, 0.3) is 5.50 Å². The van der Waals surface area contributed by atoms with Crippen molar-refractivity contribution in [3.8, 4) is 11.5 Å². The van der Waals surface area contributed by atoms with Crippen molar-refractivity contribution in [3.05, 3.63) is 72.8 Å². The molecule has 328 valence electrons. The molecule has 0 saturated carbocycles. The van der Waals surface area contributed by atoms with Crippen LogP contribution in [0.4, 0.5) is 44.3 Å². The third-order valence-corrected chi connectivity index (χ3v) is 14.1. The number of rotatable bonds is 7. The lowest BCUT2D eigenvalue weighted by Gasteiger charge is -2.14. The van der Waals surface area contributed by atoms with E-state index in [0.717, 1.165) is 5.75 Å². The summed E-state index contributed by atoms with van der Waals surface area (Å²) < 4.78 is 180. The third-order valence-electron chi connectivity index (χ3n) is 7.98. The van der Waals surface area contributed by atoms with Crippen LogP contribution >= 0.6 is 0 Å². The van der Waals surface area contributed by atoms with E-state index in [9.17, 15) is 44.3 Å². The average Bonchev–Trinajstić information content (AvgIpc) is 3.78. The highest BCUT2D eigenvalue weighted by Crippen LogP contribution is 2.48. The average molecular weight is 931 g/mol. The minimum atomic E-state index is -6.09. The number of ether oxygens (including phenoxy) is 4. The zero-order valence-corrected chi connectivity index (χ0v) is 34.0. The topological polar surface area (TPSA) is 168 Å². The van der Waals surface area contributed by atoms with Crippen molar-refractivity contribution >= 4 is 69.7 Å². The van der Waals surface area contributed by atoms with Crippen molar-refractivity contribution in [2.24, 2.45) is 0 Å². The van der Waals surface area contributed by atoms with Crippen molar-refractivity contribution in [3.63, 3.8) is 0 Å². The second-order valence-corrected chi connectivity index (χ2v) is 19.2. The lowest BCUT2D eigenvalue weighted by molar-refractivity contribution is -0.0522. The van der Waals surface area contributed by atoms with Crippen LogP contribution in [0.1, 0.15) is 25.7 Å². The molecular formula is C35H35F9O11S4. The van der Waals surface area contributed by atoms with Gasteiger partial charge in [-0.1, -0.05) is 36.4 Å². The lowest BCUT2D eigenvalue weighted by atomic mass is 10.1. The van der Waals surface area contributed by atoms with Gasteiger partial charge in [-0.2, -0.15) is 39.5 Å². The summed E-state index contributed by atoms with van der Waals surface area (Å²) in [5.74, 6) is 3.88. The highest BCUT2D eigenvalue weighted by atomic mass is 32.2. The van der Waals surface area contributed by atoms with Gasteiger partial charge >= 0.3 is 22.4 Å². The standard InChI is InChI=1S/C17H21O2S.C16H14F3O3S.2CHF3O3S/c1-18-10-11-19-16-8-9-17(20-12-4-5-13-20)15-7-3-2-6-14(15)16;1-21-15(20)22-12-6-7-13(11-5-3-2-4-10(11)12)23-14(17)8-9-16(23,18)19;2*2-1(3,4)8(5,6)7/h2-3,6-9H,4-5,10-13H2,1H3;2-7,14H,8-9H2,1H3;2*(H,5,6,7)/q2*+1;;/p-2. The van der Waals surface area contributed by atoms with Gasteiger partial charge in [0.2, 0.25) is 0 Å². The molecule has 2 saturated heterocycles. The Morgan fingerprint density at radius 1 is 0.729 bits per heavy atom. The predicted octanol–water partition coefficient (Wildman–Crippen LogP) is 8.38. The molecule has 11 nitrogen and oxygen atoms in total. The van der Waals surface area contributed by atoms with E-state index in [1.54, 1.807) is 31.4 Å². The third kappa shape index (κ3) is 13.7. The number of halogens is 9. The van der Waals surface area contributed by atoms with E-state index >= 15 is 0 Å². The minimum Gasteiger partial charge on any atom is -0.741 e. The zero-order chi connectivity index (χ0) is 44.4. The summed E-state index contributed by atoms with van der Waals surface area (Å²) >= 11 is 0. The molecule has 2 unspecified atom stereocenters. The molecule has 0 N–H and O–H groups in total. The van der Waals surface area contributed by atoms with Gasteiger partial charge in [-0.25, -0.2) is 21.6 Å². The highest BCUT2D eigenvalue weighted by molar-refractivity contribution is 7.98. The fraction of sp³-hybridized carbons (Fsp3) is 0.400. The maximum absolute atomic E-state index is 14.1. The Morgan fingerprint density at radius 3 is 1.61 bits per heavy atom. The van der Waals surface area contributed by atoms with Crippen LogP contribution in [-0.4, -0.2) is 92.8 Å². The number of carbonyl (C=O) groups excluding carboxylic acids is 1. The Hall–Kier alpha value is -3.68. The summed E-state index contributed by atoms with van der Waals surface area (Å²) in [7, 11) is -10.7. The van der Waals surface area contributed by atoms with Crippen LogP contribution in [0.5, 0.6) is 11.5 Å². The monoisotopic (exact) mass is 930 g/mol. The normalized spacial score (nSPS) is 18.1. The molecular weight excluding hydrogens is 896 g/mol. The molecule has 4 aromatic carbocycles. The van der Waals surface area contributed by atoms with Gasteiger partial charge in [0, 0.05) is 46.0 Å². The number of methoxy groups -OCH3 is 2. The second kappa shape index (κ2) is 20.7. The van der Waals surface area contributed by atoms with Crippen molar-refractivity contribution in [2.45, 2.75) is 57.2 Å². The SMILES string of the molecule is COC(=O)Oc1ccc([S+]2C(F)CCC2(F)F)c2ccccc12.COCCOc1ccc([S+]2CCCC2)c2ccccc12.O=S(=O)([O-])C(F)(F)F.O=S(=O)([O-])C(F)(F)F. The molecule has 0 aliphatic carbocycles. The number of fused-ring (bicyclic) bond motifs is 2. The predicted molar refractivity (Wildman–Crippen MR) is 199 cm³/mol. The van der Waals surface area contributed by atoms with E-state index in [0.29, 0.717) is 34.9 Å². The van der Waals surface area contributed by atoms with E-state index in [-0.39, 0.29) is 17.1 Å². The number of benzene rings is 4. The molecule has 0 bridgehead atoms. The van der Waals surface area contributed by atoms with Gasteiger partial charge in [0.05, 0.1) is 20.1 Å². The molecule has 4 aromatic rings. The first kappa shape index (κ1) is 49.7.